The van der Waals surface area contributed by atoms with Gasteiger partial charge in [-0.15, -0.1) is 0 Å². The fourth-order valence-electron chi connectivity index (χ4n) is 5.17. The maximum Gasteiger partial charge on any atom is 0.339 e. The molecule has 5 rings (SSSR count). The van der Waals surface area contributed by atoms with Gasteiger partial charge in [0.05, 0.1) is 28.9 Å². The minimum Gasteiger partial charge on any atom is -0.490 e. The molecule has 3 atom stereocenters. The molecule has 0 aromatic heterocycles. The van der Waals surface area contributed by atoms with Crippen LogP contribution in [-0.4, -0.2) is 67.0 Å². The van der Waals surface area contributed by atoms with E-state index in [-0.39, 0.29) is 35.8 Å². The Morgan fingerprint density at radius 3 is 2.52 bits per heavy atom. The number of imide groups is 1. The number of hydrogen-bond acceptors (Lipinski definition) is 11. The number of nitrogens with zero attached hydrogens (tertiary/aromatic N) is 2. The van der Waals surface area contributed by atoms with E-state index >= 15 is 0 Å². The van der Waals surface area contributed by atoms with E-state index in [9.17, 15) is 32.9 Å². The Bertz CT molecular complexity index is 1810. The lowest BCUT2D eigenvalue weighted by atomic mass is 10.1. The Labute approximate surface area is 264 Å². The standard InChI is InChI=1S/C32H30N2O11S/c1-3-42-27-17-21(24(19-46(2,40)41)33-30(35)22-11-7-12-23(34(38)39)29(22)31(33)36)15-16-25(27)44-28-14-8-13-26(45-28)32(37)43-18-20-9-5-4-6-10-20/h4-13,15-17,24,26,28H,3,14,18-19H2,1-2H3/t24-,26+,28-/m1/s1. The van der Waals surface area contributed by atoms with Crippen LogP contribution in [0.25, 0.3) is 0 Å². The Hall–Kier alpha value is -5.08. The van der Waals surface area contributed by atoms with Gasteiger partial charge in [-0.3, -0.25) is 24.6 Å². The summed E-state index contributed by atoms with van der Waals surface area (Å²) in [6, 6.07) is 15.9. The van der Waals surface area contributed by atoms with Gasteiger partial charge in [0.25, 0.3) is 17.5 Å². The van der Waals surface area contributed by atoms with Crippen LogP contribution >= 0.6 is 0 Å². The van der Waals surface area contributed by atoms with Crippen molar-refractivity contribution in [2.45, 2.75) is 38.4 Å². The third kappa shape index (κ3) is 7.08. The van der Waals surface area contributed by atoms with Gasteiger partial charge in [-0.1, -0.05) is 48.5 Å². The highest BCUT2D eigenvalue weighted by Gasteiger charge is 2.45. The number of fused-ring (bicyclic) bond motifs is 1. The average Bonchev–Trinajstić information content (AvgIpc) is 3.29. The number of ether oxygens (including phenoxy) is 4. The zero-order valence-corrected chi connectivity index (χ0v) is 25.7. The molecule has 3 aromatic rings. The number of amides is 2. The molecule has 2 aliphatic heterocycles. The van der Waals surface area contributed by atoms with E-state index in [4.69, 9.17) is 18.9 Å². The van der Waals surface area contributed by atoms with Gasteiger partial charge in [-0.2, -0.15) is 0 Å². The van der Waals surface area contributed by atoms with Gasteiger partial charge >= 0.3 is 5.97 Å². The quantitative estimate of drug-likeness (QED) is 0.0907. The molecular formula is C32H30N2O11S. The molecule has 240 valence electrons. The summed E-state index contributed by atoms with van der Waals surface area (Å²) < 4.78 is 48.0. The molecule has 3 aromatic carbocycles. The maximum absolute atomic E-state index is 13.5. The lowest BCUT2D eigenvalue weighted by Gasteiger charge is -2.28. The van der Waals surface area contributed by atoms with E-state index in [2.05, 4.69) is 0 Å². The van der Waals surface area contributed by atoms with Crippen LogP contribution in [0, 0.1) is 10.1 Å². The SMILES string of the molecule is CCOc1cc([C@@H](CS(C)(=O)=O)N2C(=O)c3cccc([N+](=O)[O-])c3C2=O)ccc1O[C@H]1CC=C[C@@H](C(=O)OCc2ccccc2)O1. The Balaban J connectivity index is 1.38. The largest absolute Gasteiger partial charge is 0.490 e. The minimum absolute atomic E-state index is 0.0734. The van der Waals surface area contributed by atoms with Crippen LogP contribution in [0.5, 0.6) is 11.5 Å². The molecular weight excluding hydrogens is 620 g/mol. The van der Waals surface area contributed by atoms with Crippen LogP contribution in [0.15, 0.2) is 78.9 Å². The van der Waals surface area contributed by atoms with Gasteiger partial charge in [-0.05, 0) is 42.3 Å². The zero-order valence-electron chi connectivity index (χ0n) is 24.9. The van der Waals surface area contributed by atoms with Crippen LogP contribution in [0.1, 0.15) is 51.2 Å². The molecule has 0 aliphatic carbocycles. The van der Waals surface area contributed by atoms with Crippen LogP contribution < -0.4 is 9.47 Å². The molecule has 0 fully saturated rings. The molecule has 0 radical (unpaired) electrons. The molecule has 2 heterocycles. The number of benzene rings is 3. The van der Waals surface area contributed by atoms with Crippen LogP contribution in [0.3, 0.4) is 0 Å². The van der Waals surface area contributed by atoms with E-state index in [0.29, 0.717) is 6.42 Å². The summed E-state index contributed by atoms with van der Waals surface area (Å²) in [5.74, 6) is -2.74. The summed E-state index contributed by atoms with van der Waals surface area (Å²) in [5, 5.41) is 11.6. The number of esters is 1. The van der Waals surface area contributed by atoms with Crippen molar-refractivity contribution in [3.05, 3.63) is 111 Å². The molecule has 0 N–H and O–H groups in total. The van der Waals surface area contributed by atoms with Gasteiger partial charge in [0, 0.05) is 18.7 Å². The van der Waals surface area contributed by atoms with Crippen LogP contribution in [-0.2, 0) is 30.7 Å². The summed E-state index contributed by atoms with van der Waals surface area (Å²) >= 11 is 0. The van der Waals surface area contributed by atoms with Crippen molar-refractivity contribution in [1.82, 2.24) is 4.90 Å². The maximum atomic E-state index is 13.5. The topological polar surface area (TPSA) is 169 Å². The summed E-state index contributed by atoms with van der Waals surface area (Å²) in [4.78, 5) is 51.1. The van der Waals surface area contributed by atoms with E-state index in [1.54, 1.807) is 19.1 Å². The zero-order chi connectivity index (χ0) is 33.0. The Morgan fingerprint density at radius 2 is 1.83 bits per heavy atom. The lowest BCUT2D eigenvalue weighted by molar-refractivity contribution is -0.385. The van der Waals surface area contributed by atoms with Crippen LogP contribution in [0.4, 0.5) is 5.69 Å². The number of sulfone groups is 1. The minimum atomic E-state index is -3.79. The number of nitro groups is 1. The number of carbonyl (C=O) groups excluding carboxylic acids is 3. The third-order valence-corrected chi connectivity index (χ3v) is 8.12. The monoisotopic (exact) mass is 650 g/mol. The summed E-state index contributed by atoms with van der Waals surface area (Å²) in [6.45, 7) is 1.96. The second-order valence-corrected chi connectivity index (χ2v) is 12.7. The van der Waals surface area contributed by atoms with E-state index < -0.39 is 68.0 Å². The second kappa shape index (κ2) is 13.5. The molecule has 0 saturated heterocycles. The first-order valence-corrected chi connectivity index (χ1v) is 16.3. The summed E-state index contributed by atoms with van der Waals surface area (Å²) in [7, 11) is -3.79. The van der Waals surface area contributed by atoms with Crippen molar-refractivity contribution in [2.75, 3.05) is 18.6 Å². The van der Waals surface area contributed by atoms with E-state index in [1.165, 1.54) is 30.3 Å². The van der Waals surface area contributed by atoms with Crippen molar-refractivity contribution in [3.63, 3.8) is 0 Å². The molecule has 14 heteroatoms. The van der Waals surface area contributed by atoms with E-state index in [1.807, 2.05) is 30.3 Å². The highest BCUT2D eigenvalue weighted by molar-refractivity contribution is 7.90. The first-order valence-electron chi connectivity index (χ1n) is 14.3. The van der Waals surface area contributed by atoms with Crippen molar-refractivity contribution in [2.24, 2.45) is 0 Å². The predicted molar refractivity (Wildman–Crippen MR) is 163 cm³/mol. The highest BCUT2D eigenvalue weighted by Crippen LogP contribution is 2.39. The van der Waals surface area contributed by atoms with Crippen molar-refractivity contribution >= 4 is 33.3 Å². The molecule has 0 bridgehead atoms. The van der Waals surface area contributed by atoms with E-state index in [0.717, 1.165) is 22.8 Å². The molecule has 2 aliphatic rings. The first kappa shape index (κ1) is 32.3. The number of nitro benzene ring substituents is 1. The Kier molecular flexibility index (Phi) is 9.49. The third-order valence-electron chi connectivity index (χ3n) is 7.20. The molecule has 13 nitrogen and oxygen atoms in total. The fraction of sp³-hybridized carbons (Fsp3) is 0.281. The molecule has 46 heavy (non-hydrogen) atoms. The van der Waals surface area contributed by atoms with Crippen molar-refractivity contribution in [3.8, 4) is 11.5 Å². The summed E-state index contributed by atoms with van der Waals surface area (Å²) in [5.41, 5.74) is -0.120. The van der Waals surface area contributed by atoms with Gasteiger partial charge in [0.15, 0.2) is 17.6 Å². The van der Waals surface area contributed by atoms with Gasteiger partial charge in [0.1, 0.15) is 22.0 Å². The van der Waals surface area contributed by atoms with Crippen molar-refractivity contribution < 1.29 is 46.7 Å². The van der Waals surface area contributed by atoms with Gasteiger partial charge in [-0.25, -0.2) is 13.2 Å². The Morgan fingerprint density at radius 1 is 1.07 bits per heavy atom. The first-order chi connectivity index (χ1) is 22.0. The predicted octanol–water partition coefficient (Wildman–Crippen LogP) is 4.17. The second-order valence-electron chi connectivity index (χ2n) is 10.5. The molecule has 0 saturated carbocycles. The fourth-order valence-corrected chi connectivity index (χ4v) is 6.08. The smallest absolute Gasteiger partial charge is 0.339 e. The average molecular weight is 651 g/mol. The molecule has 0 spiro atoms. The number of rotatable bonds is 12. The molecule has 2 amide bonds. The number of hydrogen-bond donors (Lipinski definition) is 0. The lowest BCUT2D eigenvalue weighted by Crippen LogP contribution is -2.38. The molecule has 0 unspecified atom stereocenters. The number of carbonyl (C=O) groups is 3. The van der Waals surface area contributed by atoms with Crippen LogP contribution in [0.2, 0.25) is 0 Å². The normalized spacial score (nSPS) is 18.2. The highest BCUT2D eigenvalue weighted by atomic mass is 32.2. The summed E-state index contributed by atoms with van der Waals surface area (Å²) in [6.07, 6.45) is 2.61. The van der Waals surface area contributed by atoms with Crippen molar-refractivity contribution in [1.29, 1.82) is 0 Å². The van der Waals surface area contributed by atoms with Gasteiger partial charge < -0.3 is 18.9 Å². The van der Waals surface area contributed by atoms with Gasteiger partial charge in [0.2, 0.25) is 6.29 Å².